The maximum absolute atomic E-state index is 12.3. The first kappa shape index (κ1) is 15.3. The van der Waals surface area contributed by atoms with Crippen molar-refractivity contribution in [3.63, 3.8) is 0 Å². The highest BCUT2D eigenvalue weighted by Gasteiger charge is 2.38. The summed E-state index contributed by atoms with van der Waals surface area (Å²) in [5, 5.41) is 1.89. The third kappa shape index (κ3) is 3.15. The number of carbonyl (C=O) groups is 1. The van der Waals surface area contributed by atoms with Crippen molar-refractivity contribution in [2.75, 3.05) is 19.3 Å². The summed E-state index contributed by atoms with van der Waals surface area (Å²) in [7, 11) is 0. The first-order chi connectivity index (χ1) is 8.98. The van der Waals surface area contributed by atoms with Gasteiger partial charge in [-0.05, 0) is 41.1 Å². The van der Waals surface area contributed by atoms with Crippen LogP contribution in [0.4, 0.5) is 0 Å². The Morgan fingerprint density at radius 1 is 1.58 bits per heavy atom. The lowest BCUT2D eigenvalue weighted by atomic mass is 9.95. The zero-order valence-electron chi connectivity index (χ0n) is 10.5. The molecule has 3 nitrogen and oxygen atoms in total. The van der Waals surface area contributed by atoms with E-state index in [4.69, 9.17) is 18.0 Å². The van der Waals surface area contributed by atoms with E-state index in [1.54, 1.807) is 11.8 Å². The second-order valence-corrected chi connectivity index (χ2v) is 8.41. The summed E-state index contributed by atoms with van der Waals surface area (Å²) < 4.78 is 0.843. The fourth-order valence-electron chi connectivity index (χ4n) is 2.23. The number of nitrogens with two attached hydrogens (primary N) is 1. The van der Waals surface area contributed by atoms with E-state index >= 15 is 0 Å². The van der Waals surface area contributed by atoms with E-state index < -0.39 is 0 Å². The van der Waals surface area contributed by atoms with Gasteiger partial charge in [-0.3, -0.25) is 4.79 Å². The summed E-state index contributed by atoms with van der Waals surface area (Å²) in [5.41, 5.74) is 6.60. The summed E-state index contributed by atoms with van der Waals surface area (Å²) in [4.78, 5) is 14.8. The minimum Gasteiger partial charge on any atom is -0.392 e. The average Bonchev–Trinajstić information content (AvgIpc) is 2.84. The molecule has 0 aliphatic carbocycles. The minimum absolute atomic E-state index is 0.0968. The van der Waals surface area contributed by atoms with Crippen molar-refractivity contribution in [2.45, 2.75) is 17.6 Å². The van der Waals surface area contributed by atoms with Gasteiger partial charge in [0, 0.05) is 18.5 Å². The number of likely N-dealkylation sites (tertiary alicyclic amines) is 1. The third-order valence-corrected chi connectivity index (χ3v) is 6.95. The minimum atomic E-state index is -0.138. The van der Waals surface area contributed by atoms with Gasteiger partial charge in [-0.1, -0.05) is 12.2 Å². The molecule has 0 spiro atoms. The van der Waals surface area contributed by atoms with Crippen molar-refractivity contribution in [3.05, 3.63) is 20.8 Å². The zero-order valence-corrected chi connectivity index (χ0v) is 14.6. The fourth-order valence-corrected chi connectivity index (χ4v) is 4.60. The predicted molar refractivity (Wildman–Crippen MR) is 90.2 cm³/mol. The van der Waals surface area contributed by atoms with E-state index in [-0.39, 0.29) is 10.7 Å². The quantitative estimate of drug-likeness (QED) is 0.820. The smallest absolute Gasteiger partial charge is 0.254 e. The van der Waals surface area contributed by atoms with Gasteiger partial charge < -0.3 is 10.6 Å². The molecular formula is C12H15BrN2OS3. The van der Waals surface area contributed by atoms with Crippen LogP contribution in [-0.4, -0.2) is 39.9 Å². The molecule has 0 atom stereocenters. The maximum atomic E-state index is 12.3. The number of hydrogen-bond donors (Lipinski definition) is 1. The largest absolute Gasteiger partial charge is 0.392 e. The molecule has 0 aromatic carbocycles. The van der Waals surface area contributed by atoms with Gasteiger partial charge in [0.05, 0.1) is 19.1 Å². The number of amides is 1. The van der Waals surface area contributed by atoms with E-state index in [1.165, 1.54) is 11.3 Å². The number of nitrogens with zero attached hydrogens (tertiary/aromatic N) is 1. The number of thioether (sulfide) groups is 1. The molecule has 1 aromatic rings. The zero-order chi connectivity index (χ0) is 14.0. The Kier molecular flexibility index (Phi) is 4.92. The molecule has 0 saturated carbocycles. The number of halogens is 1. The Hall–Kier alpha value is -0.110. The van der Waals surface area contributed by atoms with Crippen LogP contribution in [0.15, 0.2) is 15.2 Å². The number of piperidine rings is 1. The number of hydrogen-bond acceptors (Lipinski definition) is 4. The molecule has 2 rings (SSSR count). The van der Waals surface area contributed by atoms with Crippen LogP contribution in [0.5, 0.6) is 0 Å². The van der Waals surface area contributed by atoms with Gasteiger partial charge in [0.1, 0.15) is 0 Å². The fraction of sp³-hybridized carbons (Fsp3) is 0.500. The van der Waals surface area contributed by atoms with E-state index in [9.17, 15) is 4.79 Å². The average molecular weight is 379 g/mol. The summed E-state index contributed by atoms with van der Waals surface area (Å²) in [6.45, 7) is 1.43. The van der Waals surface area contributed by atoms with Crippen LogP contribution in [0.2, 0.25) is 0 Å². The standard InChI is InChI=1S/C12H15BrN2OS3/c1-18-12(11(14)17)2-4-15(5-3-12)10(16)8-6-9(13)19-7-8/h6-7H,2-5H2,1H3,(H2,14,17). The highest BCUT2D eigenvalue weighted by atomic mass is 79.9. The molecule has 0 bridgehead atoms. The van der Waals surface area contributed by atoms with Crippen molar-refractivity contribution in [1.82, 2.24) is 4.90 Å². The lowest BCUT2D eigenvalue weighted by molar-refractivity contribution is 0.0719. The predicted octanol–water partition coefficient (Wildman–Crippen LogP) is 3.13. The van der Waals surface area contributed by atoms with E-state index in [1.807, 2.05) is 22.6 Å². The Morgan fingerprint density at radius 3 is 2.63 bits per heavy atom. The monoisotopic (exact) mass is 378 g/mol. The van der Waals surface area contributed by atoms with Crippen LogP contribution in [0.3, 0.4) is 0 Å². The van der Waals surface area contributed by atoms with Crippen molar-refractivity contribution in [1.29, 1.82) is 0 Å². The molecule has 1 amide bonds. The van der Waals surface area contributed by atoms with Crippen molar-refractivity contribution >= 4 is 62.1 Å². The second-order valence-electron chi connectivity index (χ2n) is 4.49. The van der Waals surface area contributed by atoms with Gasteiger partial charge in [0.2, 0.25) is 0 Å². The SMILES string of the molecule is CSC1(C(N)=S)CCN(C(=O)c2csc(Br)c2)CC1. The summed E-state index contributed by atoms with van der Waals surface area (Å²) in [6, 6.07) is 1.87. The molecule has 1 saturated heterocycles. The molecule has 2 N–H and O–H groups in total. The van der Waals surface area contributed by atoms with Crippen molar-refractivity contribution in [2.24, 2.45) is 5.73 Å². The van der Waals surface area contributed by atoms with E-state index in [0.29, 0.717) is 18.1 Å². The van der Waals surface area contributed by atoms with Gasteiger partial charge in [0.25, 0.3) is 5.91 Å². The number of rotatable bonds is 3. The lowest BCUT2D eigenvalue weighted by Crippen LogP contribution is -2.50. The van der Waals surface area contributed by atoms with Crippen LogP contribution in [-0.2, 0) is 0 Å². The van der Waals surface area contributed by atoms with Crippen LogP contribution in [0, 0.1) is 0 Å². The van der Waals surface area contributed by atoms with Crippen LogP contribution in [0.25, 0.3) is 0 Å². The molecule has 1 aliphatic rings. The van der Waals surface area contributed by atoms with Crippen LogP contribution >= 0.6 is 51.2 Å². The highest BCUT2D eigenvalue weighted by molar-refractivity contribution is 9.11. The molecule has 0 radical (unpaired) electrons. The van der Waals surface area contributed by atoms with Gasteiger partial charge in [-0.15, -0.1) is 11.3 Å². The van der Waals surface area contributed by atoms with Crippen LogP contribution < -0.4 is 5.73 Å². The van der Waals surface area contributed by atoms with E-state index in [2.05, 4.69) is 15.9 Å². The summed E-state index contributed by atoms with van der Waals surface area (Å²) in [5.74, 6) is 0.0968. The molecule has 104 valence electrons. The van der Waals surface area contributed by atoms with Crippen molar-refractivity contribution < 1.29 is 4.79 Å². The van der Waals surface area contributed by atoms with Gasteiger partial charge in [-0.25, -0.2) is 0 Å². The Balaban J connectivity index is 2.04. The highest BCUT2D eigenvalue weighted by Crippen LogP contribution is 2.35. The Labute approximate surface area is 135 Å². The van der Waals surface area contributed by atoms with E-state index in [0.717, 1.165) is 22.2 Å². The van der Waals surface area contributed by atoms with Crippen molar-refractivity contribution in [3.8, 4) is 0 Å². The Bertz CT molecular complexity index is 495. The summed E-state index contributed by atoms with van der Waals surface area (Å²) in [6.07, 6.45) is 3.70. The summed E-state index contributed by atoms with van der Waals surface area (Å²) >= 11 is 11.8. The molecule has 0 unspecified atom stereocenters. The van der Waals surface area contributed by atoms with Gasteiger partial charge in [0.15, 0.2) is 0 Å². The topological polar surface area (TPSA) is 46.3 Å². The molecular weight excluding hydrogens is 364 g/mol. The molecule has 1 aliphatic heterocycles. The normalized spacial score (nSPS) is 18.3. The number of thiophene rings is 1. The molecule has 7 heteroatoms. The maximum Gasteiger partial charge on any atom is 0.254 e. The first-order valence-electron chi connectivity index (χ1n) is 5.87. The number of thiocarbonyl (C=S) groups is 1. The molecule has 19 heavy (non-hydrogen) atoms. The molecule has 1 fully saturated rings. The second kappa shape index (κ2) is 6.11. The molecule has 1 aromatic heterocycles. The number of carbonyl (C=O) groups excluding carboxylic acids is 1. The van der Waals surface area contributed by atoms with Crippen LogP contribution in [0.1, 0.15) is 23.2 Å². The van der Waals surface area contributed by atoms with Gasteiger partial charge in [-0.2, -0.15) is 11.8 Å². The lowest BCUT2D eigenvalue weighted by Gasteiger charge is -2.40. The van der Waals surface area contributed by atoms with Gasteiger partial charge >= 0.3 is 0 Å². The first-order valence-corrected chi connectivity index (χ1v) is 9.17. The Morgan fingerprint density at radius 2 is 2.21 bits per heavy atom. The third-order valence-electron chi connectivity index (χ3n) is 3.51. The molecule has 2 heterocycles.